The van der Waals surface area contributed by atoms with Crippen molar-refractivity contribution in [1.29, 1.82) is 0 Å². The number of benzene rings is 2. The molecule has 0 saturated heterocycles. The predicted molar refractivity (Wildman–Crippen MR) is 77.6 cm³/mol. The number of hydrogen-bond acceptors (Lipinski definition) is 4. The zero-order valence-electron chi connectivity index (χ0n) is 11.8. The van der Waals surface area contributed by atoms with Gasteiger partial charge in [0.25, 0.3) is 0 Å². The Morgan fingerprint density at radius 3 is 2.26 bits per heavy atom. The van der Waals surface area contributed by atoms with E-state index in [-0.39, 0.29) is 11.1 Å². The smallest absolute Gasteiger partial charge is 0.375 e. The monoisotopic (exact) mass is 344 g/mol. The van der Waals surface area contributed by atoms with Gasteiger partial charge in [0.1, 0.15) is 6.29 Å². The van der Waals surface area contributed by atoms with E-state index < -0.39 is 21.4 Å². The summed E-state index contributed by atoms with van der Waals surface area (Å²) in [5.41, 5.74) is -4.13. The van der Waals surface area contributed by atoms with Crippen LogP contribution in [0.2, 0.25) is 0 Å². The Kier molecular flexibility index (Phi) is 4.46. The second kappa shape index (κ2) is 6.04. The first-order valence-corrected chi connectivity index (χ1v) is 7.72. The third-order valence-corrected chi connectivity index (χ3v) is 4.02. The predicted octanol–water partition coefficient (Wildman–Crippen LogP) is 3.70. The zero-order chi connectivity index (χ0) is 17.3. The van der Waals surface area contributed by atoms with E-state index in [9.17, 15) is 26.4 Å². The molecular formula is C15H11F3O4S. The van der Waals surface area contributed by atoms with Crippen molar-refractivity contribution in [2.24, 2.45) is 0 Å². The SMILES string of the molecule is Cc1ccccc1-c1cc(C=O)ccc1OS(=O)(=O)C(F)(F)F. The highest BCUT2D eigenvalue weighted by atomic mass is 32.2. The number of aldehydes is 1. The number of halogens is 3. The Hall–Kier alpha value is -2.35. The second-order valence-corrected chi connectivity index (χ2v) is 6.21. The molecule has 2 aromatic rings. The van der Waals surface area contributed by atoms with Gasteiger partial charge in [-0.15, -0.1) is 0 Å². The Labute approximate surface area is 130 Å². The topological polar surface area (TPSA) is 60.4 Å². The Bertz CT molecular complexity index is 842. The summed E-state index contributed by atoms with van der Waals surface area (Å²) >= 11 is 0. The molecule has 0 fully saturated rings. The van der Waals surface area contributed by atoms with E-state index >= 15 is 0 Å². The molecule has 0 aliphatic heterocycles. The fraction of sp³-hybridized carbons (Fsp3) is 0.133. The van der Waals surface area contributed by atoms with Crippen molar-refractivity contribution >= 4 is 16.4 Å². The third kappa shape index (κ3) is 3.53. The van der Waals surface area contributed by atoms with Crippen molar-refractivity contribution in [3.63, 3.8) is 0 Å². The summed E-state index contributed by atoms with van der Waals surface area (Å²) < 4.78 is 64.2. The number of hydrogen-bond donors (Lipinski definition) is 0. The molecule has 0 radical (unpaired) electrons. The van der Waals surface area contributed by atoms with E-state index in [0.717, 1.165) is 6.07 Å². The van der Waals surface area contributed by atoms with E-state index in [4.69, 9.17) is 0 Å². The van der Waals surface area contributed by atoms with Crippen LogP contribution in [0.4, 0.5) is 13.2 Å². The maximum atomic E-state index is 12.5. The maximum absolute atomic E-state index is 12.5. The molecule has 2 aromatic carbocycles. The Morgan fingerprint density at radius 1 is 1.04 bits per heavy atom. The molecule has 0 bridgehead atoms. The van der Waals surface area contributed by atoms with Gasteiger partial charge in [0.15, 0.2) is 5.75 Å². The highest BCUT2D eigenvalue weighted by molar-refractivity contribution is 7.88. The van der Waals surface area contributed by atoms with Gasteiger partial charge in [-0.1, -0.05) is 24.3 Å². The van der Waals surface area contributed by atoms with E-state index in [0.29, 0.717) is 17.4 Å². The first-order chi connectivity index (χ1) is 10.7. The van der Waals surface area contributed by atoms with Crippen LogP contribution in [-0.2, 0) is 10.1 Å². The van der Waals surface area contributed by atoms with Gasteiger partial charge < -0.3 is 4.18 Å². The van der Waals surface area contributed by atoms with E-state index in [1.807, 2.05) is 0 Å². The van der Waals surface area contributed by atoms with Crippen molar-refractivity contribution in [2.75, 3.05) is 0 Å². The number of aryl methyl sites for hydroxylation is 1. The fourth-order valence-electron chi connectivity index (χ4n) is 1.94. The van der Waals surface area contributed by atoms with Crippen molar-refractivity contribution in [1.82, 2.24) is 0 Å². The lowest BCUT2D eigenvalue weighted by atomic mass is 9.98. The summed E-state index contributed by atoms with van der Waals surface area (Å²) in [7, 11) is -5.80. The van der Waals surface area contributed by atoms with Gasteiger partial charge in [-0.2, -0.15) is 21.6 Å². The van der Waals surface area contributed by atoms with Gasteiger partial charge in [-0.3, -0.25) is 4.79 Å². The summed E-state index contributed by atoms with van der Waals surface area (Å²) in [4.78, 5) is 10.9. The summed E-state index contributed by atoms with van der Waals surface area (Å²) in [5.74, 6) is -0.498. The lowest BCUT2D eigenvalue weighted by Gasteiger charge is -2.14. The highest BCUT2D eigenvalue weighted by Crippen LogP contribution is 2.36. The molecule has 0 heterocycles. The van der Waals surface area contributed by atoms with Gasteiger partial charge in [-0.05, 0) is 36.2 Å². The molecule has 0 aromatic heterocycles. The lowest BCUT2D eigenvalue weighted by molar-refractivity contribution is -0.0499. The highest BCUT2D eigenvalue weighted by Gasteiger charge is 2.48. The van der Waals surface area contributed by atoms with Crippen LogP contribution in [0, 0.1) is 6.92 Å². The van der Waals surface area contributed by atoms with Crippen LogP contribution in [0.5, 0.6) is 5.75 Å². The molecule has 0 aliphatic rings. The molecule has 0 N–H and O–H groups in total. The van der Waals surface area contributed by atoms with E-state index in [2.05, 4.69) is 4.18 Å². The molecule has 0 unspecified atom stereocenters. The van der Waals surface area contributed by atoms with Gasteiger partial charge in [0.2, 0.25) is 0 Å². The normalized spacial score (nSPS) is 12.0. The Balaban J connectivity index is 2.62. The van der Waals surface area contributed by atoms with Crippen LogP contribution in [-0.4, -0.2) is 20.2 Å². The van der Waals surface area contributed by atoms with Gasteiger partial charge in [-0.25, -0.2) is 0 Å². The molecule has 0 spiro atoms. The molecule has 0 amide bonds. The van der Waals surface area contributed by atoms with Gasteiger partial charge in [0, 0.05) is 11.1 Å². The summed E-state index contributed by atoms with van der Waals surface area (Å²) in [6.45, 7) is 1.70. The maximum Gasteiger partial charge on any atom is 0.534 e. The van der Waals surface area contributed by atoms with E-state index in [1.165, 1.54) is 12.1 Å². The number of carbonyl (C=O) groups is 1. The summed E-state index contributed by atoms with van der Waals surface area (Å²) in [5, 5.41) is 0. The first kappa shape index (κ1) is 17.0. The van der Waals surface area contributed by atoms with Crippen LogP contribution in [0.15, 0.2) is 42.5 Å². The van der Waals surface area contributed by atoms with Crippen molar-refractivity contribution < 1.29 is 30.6 Å². The van der Waals surface area contributed by atoms with Crippen molar-refractivity contribution in [3.05, 3.63) is 53.6 Å². The standard InChI is InChI=1S/C15H11F3O4S/c1-10-4-2-3-5-12(10)13-8-11(9-19)6-7-14(13)22-23(20,21)15(16,17)18/h2-9H,1H3. The van der Waals surface area contributed by atoms with Crippen LogP contribution in [0.1, 0.15) is 15.9 Å². The van der Waals surface area contributed by atoms with Crippen molar-refractivity contribution in [2.45, 2.75) is 12.4 Å². The molecule has 2 rings (SSSR count). The third-order valence-electron chi connectivity index (χ3n) is 3.06. The average molecular weight is 344 g/mol. The van der Waals surface area contributed by atoms with E-state index in [1.54, 1.807) is 31.2 Å². The molecule has 0 aliphatic carbocycles. The summed E-state index contributed by atoms with van der Waals surface area (Å²) in [6, 6.07) is 10.1. The fourth-order valence-corrected chi connectivity index (χ4v) is 2.42. The van der Waals surface area contributed by atoms with Crippen LogP contribution in [0.25, 0.3) is 11.1 Å². The molecule has 23 heavy (non-hydrogen) atoms. The number of carbonyl (C=O) groups excluding carboxylic acids is 1. The zero-order valence-corrected chi connectivity index (χ0v) is 12.6. The average Bonchev–Trinajstić information content (AvgIpc) is 2.47. The largest absolute Gasteiger partial charge is 0.534 e. The van der Waals surface area contributed by atoms with Crippen molar-refractivity contribution in [3.8, 4) is 16.9 Å². The van der Waals surface area contributed by atoms with Gasteiger partial charge in [0.05, 0.1) is 0 Å². The molecule has 0 atom stereocenters. The minimum absolute atomic E-state index is 0.0838. The van der Waals surface area contributed by atoms with Crippen LogP contribution in [0.3, 0.4) is 0 Å². The minimum Gasteiger partial charge on any atom is -0.375 e. The number of alkyl halides is 3. The molecule has 122 valence electrons. The quantitative estimate of drug-likeness (QED) is 0.482. The first-order valence-electron chi connectivity index (χ1n) is 6.31. The second-order valence-electron chi connectivity index (χ2n) is 4.67. The molecule has 4 nitrogen and oxygen atoms in total. The number of rotatable bonds is 4. The lowest BCUT2D eigenvalue weighted by Crippen LogP contribution is -2.28. The molecular weight excluding hydrogens is 333 g/mol. The van der Waals surface area contributed by atoms with Gasteiger partial charge >= 0.3 is 15.6 Å². The molecule has 0 saturated carbocycles. The Morgan fingerprint density at radius 2 is 1.70 bits per heavy atom. The molecule has 8 heteroatoms. The minimum atomic E-state index is -5.80. The van der Waals surface area contributed by atoms with Crippen LogP contribution >= 0.6 is 0 Å². The summed E-state index contributed by atoms with van der Waals surface area (Å²) in [6.07, 6.45) is 0.504. The van der Waals surface area contributed by atoms with Crippen LogP contribution < -0.4 is 4.18 Å².